The summed E-state index contributed by atoms with van der Waals surface area (Å²) in [6.45, 7) is 4.19. The molecule has 2 atom stereocenters. The standard InChI is InChI=1S/C13H20BrNO3S2/c1-8-3-9(2)5-10(4-8)15-20(17,18)12-6-11(7-16)19-13(12)14/h6,8-10,15-16H,3-5,7H2,1-2H3. The summed E-state index contributed by atoms with van der Waals surface area (Å²) in [6.07, 6.45) is 2.94. The number of rotatable bonds is 4. The molecule has 1 aliphatic carbocycles. The smallest absolute Gasteiger partial charge is 0.242 e. The molecule has 114 valence electrons. The van der Waals surface area contributed by atoms with E-state index in [1.807, 2.05) is 0 Å². The van der Waals surface area contributed by atoms with E-state index in [-0.39, 0.29) is 17.5 Å². The van der Waals surface area contributed by atoms with E-state index in [9.17, 15) is 8.42 Å². The number of sulfonamides is 1. The molecule has 1 aromatic heterocycles. The normalized spacial score (nSPS) is 27.7. The van der Waals surface area contributed by atoms with E-state index >= 15 is 0 Å². The Hall–Kier alpha value is 0.0500. The summed E-state index contributed by atoms with van der Waals surface area (Å²) in [4.78, 5) is 0.875. The van der Waals surface area contributed by atoms with Crippen LogP contribution >= 0.6 is 27.3 Å². The third kappa shape index (κ3) is 3.82. The van der Waals surface area contributed by atoms with Crippen LogP contribution in [0.5, 0.6) is 0 Å². The number of hydrogen-bond donors (Lipinski definition) is 2. The van der Waals surface area contributed by atoms with Gasteiger partial charge in [-0.3, -0.25) is 0 Å². The average Bonchev–Trinajstić information content (AvgIpc) is 2.69. The second kappa shape index (κ2) is 6.44. The van der Waals surface area contributed by atoms with Crippen molar-refractivity contribution < 1.29 is 13.5 Å². The van der Waals surface area contributed by atoms with Crippen molar-refractivity contribution in [2.24, 2.45) is 11.8 Å². The lowest BCUT2D eigenvalue weighted by Gasteiger charge is -2.31. The quantitative estimate of drug-likeness (QED) is 0.841. The Bertz CT molecular complexity index is 560. The molecule has 0 aromatic carbocycles. The van der Waals surface area contributed by atoms with E-state index in [0.717, 1.165) is 19.3 Å². The molecule has 0 bridgehead atoms. The Balaban J connectivity index is 2.16. The van der Waals surface area contributed by atoms with Crippen molar-refractivity contribution in [2.75, 3.05) is 0 Å². The first kappa shape index (κ1) is 16.4. The van der Waals surface area contributed by atoms with E-state index in [0.29, 0.717) is 20.5 Å². The summed E-state index contributed by atoms with van der Waals surface area (Å²) in [5.74, 6) is 1.09. The Morgan fingerprint density at radius 2 is 1.95 bits per heavy atom. The molecule has 1 fully saturated rings. The first-order valence-corrected chi connectivity index (χ1v) is 9.82. The topological polar surface area (TPSA) is 66.4 Å². The average molecular weight is 382 g/mol. The molecule has 0 radical (unpaired) electrons. The second-order valence-electron chi connectivity index (χ2n) is 5.74. The van der Waals surface area contributed by atoms with Crippen molar-refractivity contribution in [1.29, 1.82) is 0 Å². The SMILES string of the molecule is CC1CC(C)CC(NS(=O)(=O)c2cc(CO)sc2Br)C1. The number of aliphatic hydroxyl groups excluding tert-OH is 1. The first-order valence-electron chi connectivity index (χ1n) is 6.73. The van der Waals surface area contributed by atoms with Crippen molar-refractivity contribution in [3.05, 3.63) is 14.7 Å². The molecule has 1 aromatic rings. The highest BCUT2D eigenvalue weighted by molar-refractivity contribution is 9.11. The number of aliphatic hydroxyl groups is 1. The molecule has 20 heavy (non-hydrogen) atoms. The molecule has 0 saturated heterocycles. The zero-order chi connectivity index (χ0) is 14.9. The number of halogens is 1. The van der Waals surface area contributed by atoms with Gasteiger partial charge >= 0.3 is 0 Å². The van der Waals surface area contributed by atoms with Gasteiger partial charge in [-0.1, -0.05) is 13.8 Å². The molecule has 7 heteroatoms. The van der Waals surface area contributed by atoms with E-state index in [2.05, 4.69) is 34.5 Å². The van der Waals surface area contributed by atoms with Gasteiger partial charge in [-0.15, -0.1) is 11.3 Å². The largest absolute Gasteiger partial charge is 0.391 e. The highest BCUT2D eigenvalue weighted by Crippen LogP contribution is 2.33. The van der Waals surface area contributed by atoms with Crippen LogP contribution in [0.4, 0.5) is 0 Å². The molecular weight excluding hydrogens is 362 g/mol. The van der Waals surface area contributed by atoms with Crippen molar-refractivity contribution >= 4 is 37.3 Å². The highest BCUT2D eigenvalue weighted by Gasteiger charge is 2.29. The summed E-state index contributed by atoms with van der Waals surface area (Å²) in [6, 6.07) is 1.54. The molecule has 1 aliphatic rings. The van der Waals surface area contributed by atoms with Crippen LogP contribution in [-0.4, -0.2) is 19.6 Å². The highest BCUT2D eigenvalue weighted by atomic mass is 79.9. The molecule has 4 nitrogen and oxygen atoms in total. The minimum absolute atomic E-state index is 0.00289. The van der Waals surface area contributed by atoms with E-state index in [4.69, 9.17) is 5.11 Å². The van der Waals surface area contributed by atoms with Gasteiger partial charge < -0.3 is 5.11 Å². The van der Waals surface area contributed by atoms with Crippen LogP contribution in [0, 0.1) is 11.8 Å². The molecule has 2 unspecified atom stereocenters. The lowest BCUT2D eigenvalue weighted by atomic mass is 9.81. The Morgan fingerprint density at radius 3 is 2.45 bits per heavy atom. The third-order valence-corrected chi connectivity index (χ3v) is 7.41. The van der Waals surface area contributed by atoms with E-state index < -0.39 is 10.0 Å². The first-order chi connectivity index (χ1) is 9.31. The Morgan fingerprint density at radius 1 is 1.35 bits per heavy atom. The zero-order valence-corrected chi connectivity index (χ0v) is 14.8. The second-order valence-corrected chi connectivity index (χ2v) is 9.88. The number of thiophene rings is 1. The lowest BCUT2D eigenvalue weighted by Crippen LogP contribution is -2.39. The van der Waals surface area contributed by atoms with Crippen LogP contribution in [0.3, 0.4) is 0 Å². The lowest BCUT2D eigenvalue weighted by molar-refractivity contribution is 0.257. The summed E-state index contributed by atoms with van der Waals surface area (Å²) < 4.78 is 28.3. The summed E-state index contributed by atoms with van der Waals surface area (Å²) in [5, 5.41) is 9.11. The van der Waals surface area contributed by atoms with Gasteiger partial charge in [0.25, 0.3) is 0 Å². The maximum atomic E-state index is 12.4. The van der Waals surface area contributed by atoms with Crippen LogP contribution in [-0.2, 0) is 16.6 Å². The van der Waals surface area contributed by atoms with Gasteiger partial charge in [0.05, 0.1) is 10.4 Å². The summed E-state index contributed by atoms with van der Waals surface area (Å²) >= 11 is 4.52. The Kier molecular flexibility index (Phi) is 5.29. The maximum Gasteiger partial charge on any atom is 0.242 e. The van der Waals surface area contributed by atoms with Crippen LogP contribution in [0.1, 0.15) is 38.0 Å². The van der Waals surface area contributed by atoms with E-state index in [1.165, 1.54) is 17.4 Å². The molecule has 1 heterocycles. The zero-order valence-electron chi connectivity index (χ0n) is 11.6. The summed E-state index contributed by atoms with van der Waals surface area (Å²) in [5.41, 5.74) is 0. The van der Waals surface area contributed by atoms with Crippen molar-refractivity contribution in [2.45, 2.75) is 50.7 Å². The molecule has 0 spiro atoms. The molecule has 2 rings (SSSR count). The monoisotopic (exact) mass is 381 g/mol. The fourth-order valence-corrected chi connectivity index (χ4v) is 6.79. The van der Waals surface area contributed by atoms with Crippen LogP contribution in [0.2, 0.25) is 0 Å². The van der Waals surface area contributed by atoms with Gasteiger partial charge in [-0.25, -0.2) is 13.1 Å². The van der Waals surface area contributed by atoms with Gasteiger partial charge in [0, 0.05) is 10.9 Å². The van der Waals surface area contributed by atoms with Crippen molar-refractivity contribution in [3.63, 3.8) is 0 Å². The maximum absolute atomic E-state index is 12.4. The summed E-state index contributed by atoms with van der Waals surface area (Å²) in [7, 11) is -3.52. The Labute approximate surface area is 132 Å². The fourth-order valence-electron chi connectivity index (χ4n) is 2.99. The van der Waals surface area contributed by atoms with Gasteiger partial charge in [-0.2, -0.15) is 0 Å². The van der Waals surface area contributed by atoms with E-state index in [1.54, 1.807) is 0 Å². The van der Waals surface area contributed by atoms with Crippen LogP contribution < -0.4 is 4.72 Å². The molecule has 0 aliphatic heterocycles. The minimum Gasteiger partial charge on any atom is -0.391 e. The van der Waals surface area contributed by atoms with Gasteiger partial charge in [0.2, 0.25) is 10.0 Å². The van der Waals surface area contributed by atoms with Crippen molar-refractivity contribution in [3.8, 4) is 0 Å². The van der Waals surface area contributed by atoms with Crippen LogP contribution in [0.25, 0.3) is 0 Å². The fraction of sp³-hybridized carbons (Fsp3) is 0.692. The van der Waals surface area contributed by atoms with Gasteiger partial charge in [0.15, 0.2) is 0 Å². The van der Waals surface area contributed by atoms with Gasteiger partial charge in [0.1, 0.15) is 4.90 Å². The van der Waals surface area contributed by atoms with Crippen LogP contribution in [0.15, 0.2) is 14.7 Å². The molecule has 0 amide bonds. The predicted octanol–water partition coefficient (Wildman–Crippen LogP) is 3.11. The predicted molar refractivity (Wildman–Crippen MR) is 84.2 cm³/mol. The van der Waals surface area contributed by atoms with Gasteiger partial charge in [-0.05, 0) is 53.1 Å². The molecular formula is C13H20BrNO3S2. The third-order valence-electron chi connectivity index (χ3n) is 3.65. The molecule has 1 saturated carbocycles. The number of nitrogens with one attached hydrogen (secondary N) is 1. The molecule has 2 N–H and O–H groups in total. The van der Waals surface area contributed by atoms with Crippen molar-refractivity contribution in [1.82, 2.24) is 4.72 Å². The minimum atomic E-state index is -3.52. The number of hydrogen-bond acceptors (Lipinski definition) is 4.